The number of hydrogen-bond acceptors (Lipinski definition) is 3. The average Bonchev–Trinajstić information content (AvgIpc) is 1.97. The number of allylic oxidation sites excluding steroid dienone is 1. The van der Waals surface area contributed by atoms with E-state index >= 15 is 0 Å². The Morgan fingerprint density at radius 1 is 1.73 bits per heavy atom. The van der Waals surface area contributed by atoms with Crippen molar-refractivity contribution in [1.82, 2.24) is 0 Å². The van der Waals surface area contributed by atoms with E-state index in [-0.39, 0.29) is 0 Å². The first kappa shape index (κ1) is 8.27. The monoisotopic (exact) mass is 154 g/mol. The summed E-state index contributed by atoms with van der Waals surface area (Å²) in [5, 5.41) is 9.44. The van der Waals surface area contributed by atoms with Gasteiger partial charge in [-0.2, -0.15) is 0 Å². The summed E-state index contributed by atoms with van der Waals surface area (Å²) in [5.74, 6) is 0. The molecule has 3 N–H and O–H groups in total. The van der Waals surface area contributed by atoms with Gasteiger partial charge in [-0.15, -0.1) is 0 Å². The second-order valence-corrected chi connectivity index (χ2v) is 2.78. The van der Waals surface area contributed by atoms with Gasteiger partial charge >= 0.3 is 0 Å². The molecule has 0 aromatic carbocycles. The van der Waals surface area contributed by atoms with Gasteiger partial charge in [-0.25, -0.2) is 0 Å². The molecule has 1 atom stereocenters. The molecular weight excluding hydrogens is 140 g/mol. The lowest BCUT2D eigenvalue weighted by Crippen LogP contribution is -2.21. The van der Waals surface area contributed by atoms with Crippen LogP contribution in [-0.4, -0.2) is 24.5 Å². The minimum atomic E-state index is -0.396. The van der Waals surface area contributed by atoms with Gasteiger partial charge in [0.1, 0.15) is 0 Å². The smallest absolute Gasteiger partial charge is 0.0821 e. The second kappa shape index (κ2) is 3.53. The summed E-state index contributed by atoms with van der Waals surface area (Å²) in [6.07, 6.45) is 3.93. The Labute approximate surface area is 66.6 Å². The van der Waals surface area contributed by atoms with E-state index in [1.54, 1.807) is 13.3 Å². The van der Waals surface area contributed by atoms with E-state index in [1.165, 1.54) is 0 Å². The minimum Gasteiger partial charge on any atom is -0.402 e. The van der Waals surface area contributed by atoms with Gasteiger partial charge in [0, 0.05) is 24.5 Å². The van der Waals surface area contributed by atoms with Crippen LogP contribution in [0.2, 0.25) is 0 Å². The van der Waals surface area contributed by atoms with E-state index in [0.717, 1.165) is 30.5 Å². The predicted octanol–water partition coefficient (Wildman–Crippen LogP) is 0.445. The van der Waals surface area contributed by atoms with Crippen molar-refractivity contribution in [2.24, 2.45) is 10.7 Å². The standard InChI is InChI=1S/C8H14N2O/c1-10-5-6-7(9)3-2-4-8(6)11/h5,8,11H,2-4,9H2,1H3. The normalized spacial score (nSPS) is 26.5. The Morgan fingerprint density at radius 3 is 3.00 bits per heavy atom. The van der Waals surface area contributed by atoms with E-state index in [9.17, 15) is 5.11 Å². The Bertz CT molecular complexity index is 196. The fraction of sp³-hybridized carbons (Fsp3) is 0.625. The van der Waals surface area contributed by atoms with Gasteiger partial charge in [-0.05, 0) is 19.3 Å². The van der Waals surface area contributed by atoms with Gasteiger partial charge in [-0.1, -0.05) is 0 Å². The molecule has 0 aromatic heterocycles. The van der Waals surface area contributed by atoms with Crippen molar-refractivity contribution in [1.29, 1.82) is 0 Å². The van der Waals surface area contributed by atoms with Crippen molar-refractivity contribution in [3.8, 4) is 0 Å². The van der Waals surface area contributed by atoms with Crippen LogP contribution in [0.25, 0.3) is 0 Å². The molecule has 0 amide bonds. The van der Waals surface area contributed by atoms with Crippen molar-refractivity contribution < 1.29 is 5.11 Å². The molecule has 0 saturated heterocycles. The summed E-state index contributed by atoms with van der Waals surface area (Å²) >= 11 is 0. The third kappa shape index (κ3) is 1.80. The van der Waals surface area contributed by atoms with Crippen LogP contribution in [0.1, 0.15) is 19.3 Å². The van der Waals surface area contributed by atoms with Crippen molar-refractivity contribution in [3.05, 3.63) is 11.3 Å². The molecule has 11 heavy (non-hydrogen) atoms. The maximum atomic E-state index is 9.44. The van der Waals surface area contributed by atoms with Crippen LogP contribution >= 0.6 is 0 Å². The summed E-state index contributed by atoms with van der Waals surface area (Å²) in [6, 6.07) is 0. The highest BCUT2D eigenvalue weighted by Crippen LogP contribution is 2.20. The molecule has 0 heterocycles. The molecule has 3 heteroatoms. The molecule has 3 nitrogen and oxygen atoms in total. The molecule has 0 bridgehead atoms. The topological polar surface area (TPSA) is 58.6 Å². The van der Waals surface area contributed by atoms with Crippen molar-refractivity contribution >= 4 is 6.21 Å². The molecule has 1 aliphatic rings. The number of aliphatic hydroxyl groups is 1. The molecule has 1 rings (SSSR count). The first-order valence-corrected chi connectivity index (χ1v) is 3.84. The predicted molar refractivity (Wildman–Crippen MR) is 45.5 cm³/mol. The lowest BCUT2D eigenvalue weighted by molar-refractivity contribution is 0.195. The van der Waals surface area contributed by atoms with Crippen LogP contribution in [0.5, 0.6) is 0 Å². The molecule has 1 unspecified atom stereocenters. The van der Waals surface area contributed by atoms with Gasteiger partial charge < -0.3 is 10.8 Å². The van der Waals surface area contributed by atoms with Crippen LogP contribution in [-0.2, 0) is 0 Å². The quantitative estimate of drug-likeness (QED) is 0.538. The fourth-order valence-electron chi connectivity index (χ4n) is 1.31. The van der Waals surface area contributed by atoms with Gasteiger partial charge in [-0.3, -0.25) is 4.99 Å². The van der Waals surface area contributed by atoms with Crippen LogP contribution < -0.4 is 5.73 Å². The van der Waals surface area contributed by atoms with Crippen LogP contribution in [0.4, 0.5) is 0 Å². The van der Waals surface area contributed by atoms with E-state index in [1.807, 2.05) is 0 Å². The molecule has 0 saturated carbocycles. The zero-order valence-electron chi connectivity index (χ0n) is 6.75. The first-order valence-electron chi connectivity index (χ1n) is 3.84. The van der Waals surface area contributed by atoms with Crippen molar-refractivity contribution in [2.75, 3.05) is 7.05 Å². The zero-order valence-corrected chi connectivity index (χ0v) is 6.75. The molecule has 0 aliphatic heterocycles. The van der Waals surface area contributed by atoms with Gasteiger partial charge in [0.2, 0.25) is 0 Å². The largest absolute Gasteiger partial charge is 0.402 e. The maximum Gasteiger partial charge on any atom is 0.0821 e. The highest BCUT2D eigenvalue weighted by atomic mass is 16.3. The molecule has 0 aromatic rings. The zero-order chi connectivity index (χ0) is 8.27. The highest BCUT2D eigenvalue weighted by molar-refractivity contribution is 5.80. The summed E-state index contributed by atoms with van der Waals surface area (Å²) in [7, 11) is 1.68. The summed E-state index contributed by atoms with van der Waals surface area (Å²) < 4.78 is 0. The summed E-state index contributed by atoms with van der Waals surface area (Å²) in [5.41, 5.74) is 7.27. The Hall–Kier alpha value is -0.830. The molecule has 0 spiro atoms. The van der Waals surface area contributed by atoms with E-state index in [2.05, 4.69) is 4.99 Å². The van der Waals surface area contributed by atoms with Gasteiger partial charge in [0.25, 0.3) is 0 Å². The van der Waals surface area contributed by atoms with E-state index < -0.39 is 6.10 Å². The SMILES string of the molecule is CN=CC1=C(N)CCCC1O. The lowest BCUT2D eigenvalue weighted by Gasteiger charge is -2.19. The maximum absolute atomic E-state index is 9.44. The number of aliphatic imine (C=N–C) groups is 1. The number of nitrogens with two attached hydrogens (primary N) is 1. The Balaban J connectivity index is 2.82. The fourth-order valence-corrected chi connectivity index (χ4v) is 1.31. The summed E-state index contributed by atoms with van der Waals surface area (Å²) in [6.45, 7) is 0. The van der Waals surface area contributed by atoms with Crippen LogP contribution in [0.3, 0.4) is 0 Å². The summed E-state index contributed by atoms with van der Waals surface area (Å²) in [4.78, 5) is 3.84. The third-order valence-corrected chi connectivity index (χ3v) is 1.92. The van der Waals surface area contributed by atoms with E-state index in [0.29, 0.717) is 0 Å². The van der Waals surface area contributed by atoms with Gasteiger partial charge in [0.05, 0.1) is 6.10 Å². The number of hydrogen-bond donors (Lipinski definition) is 2. The number of nitrogens with zero attached hydrogens (tertiary/aromatic N) is 1. The molecule has 62 valence electrons. The molecule has 0 radical (unpaired) electrons. The van der Waals surface area contributed by atoms with Gasteiger partial charge in [0.15, 0.2) is 0 Å². The second-order valence-electron chi connectivity index (χ2n) is 2.78. The number of rotatable bonds is 1. The third-order valence-electron chi connectivity index (χ3n) is 1.92. The number of aliphatic hydroxyl groups excluding tert-OH is 1. The average molecular weight is 154 g/mol. The first-order chi connectivity index (χ1) is 5.25. The molecule has 1 aliphatic carbocycles. The Kier molecular flexibility index (Phi) is 2.65. The Morgan fingerprint density at radius 2 is 2.45 bits per heavy atom. The molecular formula is C8H14N2O. The lowest BCUT2D eigenvalue weighted by atomic mass is 9.95. The highest BCUT2D eigenvalue weighted by Gasteiger charge is 2.17. The van der Waals surface area contributed by atoms with Crippen LogP contribution in [0.15, 0.2) is 16.3 Å². The van der Waals surface area contributed by atoms with E-state index in [4.69, 9.17) is 5.73 Å². The van der Waals surface area contributed by atoms with Crippen molar-refractivity contribution in [3.63, 3.8) is 0 Å². The minimum absolute atomic E-state index is 0.396. The molecule has 0 fully saturated rings. The van der Waals surface area contributed by atoms with Crippen molar-refractivity contribution in [2.45, 2.75) is 25.4 Å². The van der Waals surface area contributed by atoms with Crippen LogP contribution in [0, 0.1) is 0 Å².